The molecule has 0 saturated heterocycles. The summed E-state index contributed by atoms with van der Waals surface area (Å²) in [6.07, 6.45) is 0.649. The van der Waals surface area contributed by atoms with Crippen LogP contribution in [0.2, 0.25) is 0 Å². The van der Waals surface area contributed by atoms with Gasteiger partial charge in [0.25, 0.3) is 0 Å². The van der Waals surface area contributed by atoms with Crippen molar-refractivity contribution in [2.45, 2.75) is 0 Å². The Labute approximate surface area is 103 Å². The fourth-order valence-corrected chi connectivity index (χ4v) is 1.62. The molecule has 5 nitrogen and oxygen atoms in total. The highest BCUT2D eigenvalue weighted by Crippen LogP contribution is 2.18. The van der Waals surface area contributed by atoms with Gasteiger partial charge in [0.15, 0.2) is 12.2 Å². The van der Waals surface area contributed by atoms with Crippen LogP contribution in [0.25, 0.3) is 0 Å². The molecule has 0 unspecified atom stereocenters. The van der Waals surface area contributed by atoms with E-state index in [-0.39, 0.29) is 16.2 Å². The Morgan fingerprint density at radius 2 is 2.06 bits per heavy atom. The van der Waals surface area contributed by atoms with Crippen LogP contribution in [0.15, 0.2) is 30.3 Å². The maximum Gasteiger partial charge on any atom is 0.200 e. The zero-order chi connectivity index (χ0) is 12.3. The molecule has 1 aromatic carbocycles. The first-order valence-corrected chi connectivity index (χ1v) is 5.28. The lowest BCUT2D eigenvalue weighted by Gasteiger charge is -2.09. The summed E-state index contributed by atoms with van der Waals surface area (Å²) in [5.41, 5.74) is 6.66. The van der Waals surface area contributed by atoms with Gasteiger partial charge in [-0.05, 0) is 12.1 Å². The van der Waals surface area contributed by atoms with Crippen molar-refractivity contribution in [3.8, 4) is 0 Å². The number of hydrogen-bond donors (Lipinski definition) is 3. The molecule has 1 heterocycles. The number of aldehydes is 1. The number of benzene rings is 1. The summed E-state index contributed by atoms with van der Waals surface area (Å²) < 4.78 is 0.176. The largest absolute Gasteiger partial charge is 0.369 e. The van der Waals surface area contributed by atoms with E-state index in [1.807, 2.05) is 30.3 Å². The number of rotatable bonds is 3. The fourth-order valence-electron chi connectivity index (χ4n) is 1.37. The molecule has 4 N–H and O–H groups in total. The number of nitrogens with two attached hydrogens (primary N) is 1. The number of aromatic amines is 1. The van der Waals surface area contributed by atoms with Gasteiger partial charge in [0, 0.05) is 5.69 Å². The third kappa shape index (κ3) is 2.48. The van der Waals surface area contributed by atoms with Gasteiger partial charge < -0.3 is 16.0 Å². The Balaban J connectivity index is 2.45. The third-order valence-corrected chi connectivity index (χ3v) is 2.45. The number of carbonyl (C=O) groups excluding carboxylic acids is 1. The molecule has 6 heteroatoms. The highest BCUT2D eigenvalue weighted by Gasteiger charge is 2.06. The molecule has 0 bridgehead atoms. The molecule has 17 heavy (non-hydrogen) atoms. The second-order valence-electron chi connectivity index (χ2n) is 3.32. The number of nitrogen functional groups attached to an aromatic ring is 1. The first kappa shape index (κ1) is 11.3. The number of para-hydroxylation sites is 1. The summed E-state index contributed by atoms with van der Waals surface area (Å²) in [7, 11) is 0. The second-order valence-corrected chi connectivity index (χ2v) is 3.71. The smallest absolute Gasteiger partial charge is 0.200 e. The van der Waals surface area contributed by atoms with E-state index in [1.54, 1.807) is 0 Å². The third-order valence-electron chi connectivity index (χ3n) is 2.14. The number of nitrogens with zero attached hydrogens (tertiary/aromatic N) is 1. The van der Waals surface area contributed by atoms with E-state index in [4.69, 9.17) is 18.0 Å². The number of carbonyl (C=O) groups is 1. The molecule has 0 radical (unpaired) electrons. The average molecular weight is 246 g/mol. The molecule has 0 atom stereocenters. The predicted octanol–water partition coefficient (Wildman–Crippen LogP) is 2.28. The van der Waals surface area contributed by atoms with Gasteiger partial charge in [-0.15, -0.1) is 0 Å². The summed E-state index contributed by atoms with van der Waals surface area (Å²) in [5.74, 6) is 0.614. The SMILES string of the molecule is Nc1nc(=S)c(C=O)c(Nc2ccccc2)[nH]1. The fraction of sp³-hybridized carbons (Fsp3) is 0. The van der Waals surface area contributed by atoms with Gasteiger partial charge in [0.05, 0.1) is 5.56 Å². The van der Waals surface area contributed by atoms with E-state index < -0.39 is 0 Å². The Kier molecular flexibility index (Phi) is 3.15. The molecule has 0 aliphatic heterocycles. The predicted molar refractivity (Wildman–Crippen MR) is 68.9 cm³/mol. The molecule has 0 aliphatic carbocycles. The van der Waals surface area contributed by atoms with Crippen molar-refractivity contribution in [2.24, 2.45) is 0 Å². The molecule has 2 rings (SSSR count). The zero-order valence-electron chi connectivity index (χ0n) is 8.81. The molecule has 0 spiro atoms. The Bertz CT molecular complexity index is 594. The van der Waals surface area contributed by atoms with Crippen molar-refractivity contribution in [1.29, 1.82) is 0 Å². The summed E-state index contributed by atoms with van der Waals surface area (Å²) in [5, 5.41) is 3.03. The van der Waals surface area contributed by atoms with Crippen molar-refractivity contribution in [2.75, 3.05) is 11.1 Å². The molecule has 0 amide bonds. The van der Waals surface area contributed by atoms with Gasteiger partial charge in [-0.3, -0.25) is 4.79 Å². The van der Waals surface area contributed by atoms with Gasteiger partial charge in [-0.25, -0.2) is 4.98 Å². The monoisotopic (exact) mass is 246 g/mol. The minimum Gasteiger partial charge on any atom is -0.369 e. The topological polar surface area (TPSA) is 83.8 Å². The average Bonchev–Trinajstić information content (AvgIpc) is 2.30. The first-order chi connectivity index (χ1) is 8.20. The quantitative estimate of drug-likeness (QED) is 0.571. The summed E-state index contributed by atoms with van der Waals surface area (Å²) in [6.45, 7) is 0. The molecule has 0 fully saturated rings. The lowest BCUT2D eigenvalue weighted by Crippen LogP contribution is -2.04. The highest BCUT2D eigenvalue weighted by molar-refractivity contribution is 7.71. The van der Waals surface area contributed by atoms with E-state index >= 15 is 0 Å². The van der Waals surface area contributed by atoms with Crippen LogP contribution in [0.4, 0.5) is 17.5 Å². The van der Waals surface area contributed by atoms with Crippen molar-refractivity contribution in [1.82, 2.24) is 9.97 Å². The van der Waals surface area contributed by atoms with Crippen molar-refractivity contribution in [3.63, 3.8) is 0 Å². The maximum atomic E-state index is 10.9. The molecular weight excluding hydrogens is 236 g/mol. The van der Waals surface area contributed by atoms with Gasteiger partial charge in [0.2, 0.25) is 0 Å². The van der Waals surface area contributed by atoms with Gasteiger partial charge in [0.1, 0.15) is 10.5 Å². The zero-order valence-corrected chi connectivity index (χ0v) is 9.62. The Morgan fingerprint density at radius 1 is 1.35 bits per heavy atom. The minimum atomic E-state index is 0.166. The van der Waals surface area contributed by atoms with Crippen LogP contribution in [-0.2, 0) is 0 Å². The van der Waals surface area contributed by atoms with Crippen molar-refractivity contribution < 1.29 is 4.79 Å². The van der Waals surface area contributed by atoms with Crippen LogP contribution >= 0.6 is 12.2 Å². The number of nitrogens with one attached hydrogen (secondary N) is 2. The van der Waals surface area contributed by atoms with E-state index in [2.05, 4.69) is 15.3 Å². The van der Waals surface area contributed by atoms with Crippen molar-refractivity contribution in [3.05, 3.63) is 40.5 Å². The minimum absolute atomic E-state index is 0.166. The van der Waals surface area contributed by atoms with Gasteiger partial charge in [-0.2, -0.15) is 0 Å². The van der Waals surface area contributed by atoms with Gasteiger partial charge in [-0.1, -0.05) is 30.4 Å². The molecule has 0 aliphatic rings. The van der Waals surface area contributed by atoms with E-state index in [9.17, 15) is 4.79 Å². The second kappa shape index (κ2) is 4.75. The normalized spacial score (nSPS) is 9.88. The number of anilines is 3. The van der Waals surface area contributed by atoms with Crippen LogP contribution < -0.4 is 11.1 Å². The standard InChI is InChI=1S/C11H10N4OS/c12-11-14-9(8(6-16)10(17)15-11)13-7-4-2-1-3-5-7/h1-6H,(H4,12,13,14,15,17). The molecule has 0 saturated carbocycles. The number of H-pyrrole nitrogens is 1. The Hall–Kier alpha value is -2.21. The van der Waals surface area contributed by atoms with Crippen LogP contribution in [0.5, 0.6) is 0 Å². The van der Waals surface area contributed by atoms with Crippen LogP contribution in [0.1, 0.15) is 10.4 Å². The van der Waals surface area contributed by atoms with Crippen molar-refractivity contribution >= 4 is 36.0 Å². The molecule has 86 valence electrons. The highest BCUT2D eigenvalue weighted by atomic mass is 32.1. The van der Waals surface area contributed by atoms with E-state index in [1.165, 1.54) is 0 Å². The van der Waals surface area contributed by atoms with Crippen LogP contribution in [0.3, 0.4) is 0 Å². The van der Waals surface area contributed by atoms with Crippen LogP contribution in [-0.4, -0.2) is 16.3 Å². The Morgan fingerprint density at radius 3 is 2.71 bits per heavy atom. The molecular formula is C11H10N4OS. The van der Waals surface area contributed by atoms with E-state index in [0.29, 0.717) is 12.1 Å². The first-order valence-electron chi connectivity index (χ1n) is 4.88. The summed E-state index contributed by atoms with van der Waals surface area (Å²) in [4.78, 5) is 17.5. The lowest BCUT2D eigenvalue weighted by atomic mass is 10.3. The molecule has 1 aromatic heterocycles. The lowest BCUT2D eigenvalue weighted by molar-refractivity contribution is 0.112. The van der Waals surface area contributed by atoms with Gasteiger partial charge >= 0.3 is 0 Å². The maximum absolute atomic E-state index is 10.9. The summed E-state index contributed by atoms with van der Waals surface area (Å²) in [6, 6.07) is 9.38. The van der Waals surface area contributed by atoms with E-state index in [0.717, 1.165) is 5.69 Å². The molecule has 2 aromatic rings. The van der Waals surface area contributed by atoms with Crippen LogP contribution in [0, 0.1) is 4.64 Å². The summed E-state index contributed by atoms with van der Waals surface area (Å²) >= 11 is 4.96. The number of aromatic nitrogens is 2. The number of hydrogen-bond acceptors (Lipinski definition) is 5.